The van der Waals surface area contributed by atoms with Crippen molar-refractivity contribution in [3.63, 3.8) is 0 Å². The van der Waals surface area contributed by atoms with E-state index >= 15 is 0 Å². The average Bonchev–Trinajstić information content (AvgIpc) is 2.26. The Labute approximate surface area is 89.2 Å². The van der Waals surface area contributed by atoms with Gasteiger partial charge in [-0.3, -0.25) is 4.79 Å². The maximum Gasteiger partial charge on any atom is 0.252 e. The summed E-state index contributed by atoms with van der Waals surface area (Å²) in [5, 5.41) is 0. The quantitative estimate of drug-likeness (QED) is 0.749. The van der Waals surface area contributed by atoms with E-state index in [1.54, 1.807) is 24.3 Å². The van der Waals surface area contributed by atoms with E-state index in [1.165, 1.54) is 0 Å². The standard InChI is InChI=1S/C11H16N2O2/c1-8(6-12)7-15-10-5-3-2-4-9(10)11(13)14/h2-5,8H,6-7,12H2,1H3,(H2,13,14). The molecule has 1 aromatic rings. The Hall–Kier alpha value is -1.55. The van der Waals surface area contributed by atoms with Crippen molar-refractivity contribution in [1.82, 2.24) is 0 Å². The van der Waals surface area contributed by atoms with Crippen LogP contribution < -0.4 is 16.2 Å². The lowest BCUT2D eigenvalue weighted by Gasteiger charge is -2.12. The minimum atomic E-state index is -0.481. The average molecular weight is 208 g/mol. The van der Waals surface area contributed by atoms with Crippen LogP contribution in [0.2, 0.25) is 0 Å². The molecule has 0 fully saturated rings. The Kier molecular flexibility index (Phi) is 4.12. The van der Waals surface area contributed by atoms with Crippen molar-refractivity contribution in [1.29, 1.82) is 0 Å². The summed E-state index contributed by atoms with van der Waals surface area (Å²) < 4.78 is 5.47. The Morgan fingerprint density at radius 3 is 2.73 bits per heavy atom. The number of amides is 1. The summed E-state index contributed by atoms with van der Waals surface area (Å²) >= 11 is 0. The van der Waals surface area contributed by atoms with E-state index in [4.69, 9.17) is 16.2 Å². The molecule has 0 aromatic heterocycles. The number of nitrogens with two attached hydrogens (primary N) is 2. The fourth-order valence-corrected chi connectivity index (χ4v) is 1.10. The van der Waals surface area contributed by atoms with Gasteiger partial charge in [0.2, 0.25) is 0 Å². The van der Waals surface area contributed by atoms with Crippen LogP contribution in [0.15, 0.2) is 24.3 Å². The largest absolute Gasteiger partial charge is 0.492 e. The second-order valence-electron chi connectivity index (χ2n) is 3.51. The lowest BCUT2D eigenvalue weighted by molar-refractivity contribution is 0.0995. The minimum absolute atomic E-state index is 0.255. The molecule has 4 nitrogen and oxygen atoms in total. The number of carbonyl (C=O) groups is 1. The number of rotatable bonds is 5. The first-order valence-electron chi connectivity index (χ1n) is 4.87. The Bertz CT molecular complexity index is 339. The summed E-state index contributed by atoms with van der Waals surface area (Å²) in [6.07, 6.45) is 0. The fraction of sp³-hybridized carbons (Fsp3) is 0.364. The zero-order valence-electron chi connectivity index (χ0n) is 8.77. The third-order valence-corrected chi connectivity index (χ3v) is 2.08. The highest BCUT2D eigenvalue weighted by molar-refractivity contribution is 5.95. The zero-order chi connectivity index (χ0) is 11.3. The second kappa shape index (κ2) is 5.36. The van der Waals surface area contributed by atoms with Gasteiger partial charge < -0.3 is 16.2 Å². The third-order valence-electron chi connectivity index (χ3n) is 2.08. The van der Waals surface area contributed by atoms with Crippen LogP contribution >= 0.6 is 0 Å². The molecular weight excluding hydrogens is 192 g/mol. The maximum absolute atomic E-state index is 11.1. The fourth-order valence-electron chi connectivity index (χ4n) is 1.10. The smallest absolute Gasteiger partial charge is 0.252 e. The van der Waals surface area contributed by atoms with Crippen molar-refractivity contribution in [2.75, 3.05) is 13.2 Å². The number of hydrogen-bond acceptors (Lipinski definition) is 3. The molecule has 82 valence electrons. The van der Waals surface area contributed by atoms with Crippen LogP contribution in [-0.2, 0) is 0 Å². The molecule has 1 atom stereocenters. The molecular formula is C11H16N2O2. The van der Waals surface area contributed by atoms with Crippen LogP contribution in [0.5, 0.6) is 5.75 Å². The highest BCUT2D eigenvalue weighted by Gasteiger charge is 2.09. The molecule has 0 saturated carbocycles. The number of para-hydroxylation sites is 1. The summed E-state index contributed by atoms with van der Waals surface area (Å²) in [7, 11) is 0. The van der Waals surface area contributed by atoms with Crippen LogP contribution in [0.1, 0.15) is 17.3 Å². The molecule has 0 bridgehead atoms. The van der Waals surface area contributed by atoms with Crippen LogP contribution in [0.3, 0.4) is 0 Å². The van der Waals surface area contributed by atoms with E-state index in [1.807, 2.05) is 6.92 Å². The molecule has 0 saturated heterocycles. The maximum atomic E-state index is 11.1. The Morgan fingerprint density at radius 2 is 2.13 bits per heavy atom. The molecule has 0 aliphatic rings. The lowest BCUT2D eigenvalue weighted by atomic mass is 10.2. The van der Waals surface area contributed by atoms with Gasteiger partial charge in [-0.25, -0.2) is 0 Å². The van der Waals surface area contributed by atoms with Gasteiger partial charge in [0.1, 0.15) is 5.75 Å². The summed E-state index contributed by atoms with van der Waals surface area (Å²) in [4.78, 5) is 11.1. The Morgan fingerprint density at radius 1 is 1.47 bits per heavy atom. The van der Waals surface area contributed by atoms with E-state index in [2.05, 4.69) is 0 Å². The summed E-state index contributed by atoms with van der Waals surface area (Å²) in [6.45, 7) is 3.02. The molecule has 4 N–H and O–H groups in total. The van der Waals surface area contributed by atoms with Gasteiger partial charge in [-0.2, -0.15) is 0 Å². The van der Waals surface area contributed by atoms with Gasteiger partial charge in [-0.05, 0) is 18.7 Å². The van der Waals surface area contributed by atoms with Crippen LogP contribution in [0.4, 0.5) is 0 Å². The number of benzene rings is 1. The molecule has 0 heterocycles. The molecule has 1 amide bonds. The van der Waals surface area contributed by atoms with E-state index in [0.717, 1.165) is 0 Å². The molecule has 0 aliphatic carbocycles. The molecule has 0 spiro atoms. The predicted octanol–water partition coefficient (Wildman–Crippen LogP) is 0.759. The third kappa shape index (κ3) is 3.25. The first-order chi connectivity index (χ1) is 7.15. The van der Waals surface area contributed by atoms with E-state index in [0.29, 0.717) is 24.5 Å². The molecule has 1 rings (SSSR count). The second-order valence-corrected chi connectivity index (χ2v) is 3.51. The van der Waals surface area contributed by atoms with Crippen molar-refractivity contribution in [3.8, 4) is 5.75 Å². The van der Waals surface area contributed by atoms with Gasteiger partial charge in [0.05, 0.1) is 12.2 Å². The SMILES string of the molecule is CC(CN)COc1ccccc1C(N)=O. The summed E-state index contributed by atoms with van der Waals surface area (Å²) in [6, 6.07) is 6.92. The first-order valence-corrected chi connectivity index (χ1v) is 4.87. The van der Waals surface area contributed by atoms with E-state index in [-0.39, 0.29) is 5.92 Å². The highest BCUT2D eigenvalue weighted by atomic mass is 16.5. The van der Waals surface area contributed by atoms with E-state index < -0.39 is 5.91 Å². The number of ether oxygens (including phenoxy) is 1. The molecule has 4 heteroatoms. The van der Waals surface area contributed by atoms with Crippen molar-refractivity contribution in [2.45, 2.75) is 6.92 Å². The molecule has 0 aliphatic heterocycles. The summed E-state index contributed by atoms with van der Waals surface area (Å²) in [5.41, 5.74) is 11.1. The zero-order valence-corrected chi connectivity index (χ0v) is 8.77. The first kappa shape index (κ1) is 11.5. The van der Waals surface area contributed by atoms with Gasteiger partial charge in [0.25, 0.3) is 5.91 Å². The number of carbonyl (C=O) groups excluding carboxylic acids is 1. The van der Waals surface area contributed by atoms with Gasteiger partial charge in [0.15, 0.2) is 0 Å². The van der Waals surface area contributed by atoms with Crippen molar-refractivity contribution in [3.05, 3.63) is 29.8 Å². The van der Waals surface area contributed by atoms with Crippen LogP contribution in [-0.4, -0.2) is 19.1 Å². The monoisotopic (exact) mass is 208 g/mol. The molecule has 1 aromatic carbocycles. The van der Waals surface area contributed by atoms with Crippen molar-refractivity contribution >= 4 is 5.91 Å². The normalized spacial score (nSPS) is 12.1. The topological polar surface area (TPSA) is 78.3 Å². The molecule has 1 unspecified atom stereocenters. The van der Waals surface area contributed by atoms with Crippen molar-refractivity contribution in [2.24, 2.45) is 17.4 Å². The van der Waals surface area contributed by atoms with Crippen molar-refractivity contribution < 1.29 is 9.53 Å². The predicted molar refractivity (Wildman–Crippen MR) is 58.7 cm³/mol. The van der Waals surface area contributed by atoms with Gasteiger partial charge in [-0.1, -0.05) is 19.1 Å². The van der Waals surface area contributed by atoms with E-state index in [9.17, 15) is 4.79 Å². The van der Waals surface area contributed by atoms with Crippen LogP contribution in [0, 0.1) is 5.92 Å². The van der Waals surface area contributed by atoms with Gasteiger partial charge in [0, 0.05) is 5.92 Å². The number of primary amides is 1. The molecule has 0 radical (unpaired) electrons. The summed E-state index contributed by atoms with van der Waals surface area (Å²) in [5.74, 6) is 0.294. The lowest BCUT2D eigenvalue weighted by Crippen LogP contribution is -2.20. The minimum Gasteiger partial charge on any atom is -0.492 e. The highest BCUT2D eigenvalue weighted by Crippen LogP contribution is 2.17. The van der Waals surface area contributed by atoms with Gasteiger partial charge in [-0.15, -0.1) is 0 Å². The number of hydrogen-bond donors (Lipinski definition) is 2. The Balaban J connectivity index is 2.72. The van der Waals surface area contributed by atoms with Gasteiger partial charge >= 0.3 is 0 Å². The molecule has 15 heavy (non-hydrogen) atoms. The van der Waals surface area contributed by atoms with Crippen LogP contribution in [0.25, 0.3) is 0 Å².